The number of methoxy groups -OCH3 is 1. The number of benzene rings is 1. The molecule has 0 saturated heterocycles. The fourth-order valence-electron chi connectivity index (χ4n) is 1.99. The lowest BCUT2D eigenvalue weighted by Gasteiger charge is -2.25. The topological polar surface area (TPSA) is 73.2 Å². The lowest BCUT2D eigenvalue weighted by molar-refractivity contribution is -0.147. The first kappa shape index (κ1) is 15.8. The number of nitrogens with one attached hydrogen (secondary N) is 1. The molecular formula is C16H19N3O3. The Balaban J connectivity index is 2.17. The third-order valence-corrected chi connectivity index (χ3v) is 3.57. The number of hydrogen-bond donors (Lipinski definition) is 1. The van der Waals surface area contributed by atoms with Crippen molar-refractivity contribution in [1.82, 2.24) is 15.1 Å². The van der Waals surface area contributed by atoms with E-state index >= 15 is 0 Å². The molecule has 2 aromatic rings. The second-order valence-electron chi connectivity index (χ2n) is 5.11. The van der Waals surface area contributed by atoms with Crippen LogP contribution in [0.4, 0.5) is 0 Å². The summed E-state index contributed by atoms with van der Waals surface area (Å²) in [7, 11) is 1.30. The average Bonchev–Trinajstić information content (AvgIpc) is 3.04. The number of hydrogen-bond acceptors (Lipinski definition) is 4. The maximum absolute atomic E-state index is 12.3. The Morgan fingerprint density at radius 1 is 1.27 bits per heavy atom. The van der Waals surface area contributed by atoms with E-state index in [1.807, 2.05) is 30.3 Å². The molecule has 1 aromatic heterocycles. The van der Waals surface area contributed by atoms with Crippen LogP contribution in [0, 0.1) is 0 Å². The zero-order valence-corrected chi connectivity index (χ0v) is 12.9. The lowest BCUT2D eigenvalue weighted by Crippen LogP contribution is -2.52. The molecule has 0 bridgehead atoms. The Labute approximate surface area is 129 Å². The van der Waals surface area contributed by atoms with Gasteiger partial charge in [-0.05, 0) is 31.5 Å². The van der Waals surface area contributed by atoms with Crippen LogP contribution < -0.4 is 5.32 Å². The van der Waals surface area contributed by atoms with Gasteiger partial charge in [-0.25, -0.2) is 9.48 Å². The molecule has 0 fully saturated rings. The van der Waals surface area contributed by atoms with Crippen molar-refractivity contribution in [2.75, 3.05) is 7.11 Å². The molecule has 1 atom stereocenters. The maximum atomic E-state index is 12.3. The van der Waals surface area contributed by atoms with Crippen LogP contribution in [-0.2, 0) is 9.53 Å². The molecule has 0 aliphatic heterocycles. The fourth-order valence-corrected chi connectivity index (χ4v) is 1.99. The summed E-state index contributed by atoms with van der Waals surface area (Å²) in [4.78, 5) is 24.1. The molecule has 1 amide bonds. The van der Waals surface area contributed by atoms with Crippen molar-refractivity contribution in [3.8, 4) is 5.69 Å². The highest BCUT2D eigenvalue weighted by Gasteiger charge is 2.34. The second-order valence-corrected chi connectivity index (χ2v) is 5.11. The van der Waals surface area contributed by atoms with Gasteiger partial charge < -0.3 is 10.1 Å². The quantitative estimate of drug-likeness (QED) is 0.857. The molecule has 1 N–H and O–H groups in total. The molecule has 0 aliphatic rings. The number of esters is 1. The largest absolute Gasteiger partial charge is 0.467 e. The summed E-state index contributed by atoms with van der Waals surface area (Å²) in [6.45, 7) is 3.44. The first-order valence-electron chi connectivity index (χ1n) is 7.02. The minimum absolute atomic E-state index is 0.243. The first-order chi connectivity index (χ1) is 10.5. The van der Waals surface area contributed by atoms with Crippen molar-refractivity contribution in [3.05, 3.63) is 48.3 Å². The normalized spacial score (nSPS) is 13.2. The summed E-state index contributed by atoms with van der Waals surface area (Å²) in [5.74, 6) is -0.893. The molecule has 0 spiro atoms. The van der Waals surface area contributed by atoms with Crippen LogP contribution >= 0.6 is 0 Å². The van der Waals surface area contributed by atoms with Crippen molar-refractivity contribution in [1.29, 1.82) is 0 Å². The van der Waals surface area contributed by atoms with Gasteiger partial charge in [0.05, 0.1) is 12.8 Å². The van der Waals surface area contributed by atoms with Gasteiger partial charge in [-0.2, -0.15) is 5.10 Å². The van der Waals surface area contributed by atoms with Gasteiger partial charge in [0.15, 0.2) is 5.69 Å². The fraction of sp³-hybridized carbons (Fsp3) is 0.312. The van der Waals surface area contributed by atoms with E-state index in [1.165, 1.54) is 7.11 Å². The Bertz CT molecular complexity index is 666. The summed E-state index contributed by atoms with van der Waals surface area (Å²) >= 11 is 0. The summed E-state index contributed by atoms with van der Waals surface area (Å²) in [5.41, 5.74) is 0.0303. The summed E-state index contributed by atoms with van der Waals surface area (Å²) in [6.07, 6.45) is 2.12. The van der Waals surface area contributed by atoms with Crippen molar-refractivity contribution in [2.45, 2.75) is 25.8 Å². The van der Waals surface area contributed by atoms with Crippen molar-refractivity contribution < 1.29 is 14.3 Å². The van der Waals surface area contributed by atoms with E-state index < -0.39 is 17.4 Å². The van der Waals surface area contributed by atoms with Crippen molar-refractivity contribution >= 4 is 11.9 Å². The number of carbonyl (C=O) groups excluding carboxylic acids is 2. The molecule has 22 heavy (non-hydrogen) atoms. The Morgan fingerprint density at radius 2 is 1.95 bits per heavy atom. The van der Waals surface area contributed by atoms with E-state index in [2.05, 4.69) is 10.4 Å². The minimum atomic E-state index is -1.07. The highest BCUT2D eigenvalue weighted by atomic mass is 16.5. The molecule has 0 radical (unpaired) electrons. The summed E-state index contributed by atoms with van der Waals surface area (Å²) in [6, 6.07) is 11.1. The van der Waals surface area contributed by atoms with E-state index in [0.717, 1.165) is 5.69 Å². The predicted molar refractivity (Wildman–Crippen MR) is 81.7 cm³/mol. The molecule has 0 unspecified atom stereocenters. The highest BCUT2D eigenvalue weighted by molar-refractivity contribution is 5.96. The third kappa shape index (κ3) is 3.16. The molecule has 2 rings (SSSR count). The number of amides is 1. The molecule has 0 aliphatic carbocycles. The van der Waals surface area contributed by atoms with Gasteiger partial charge in [-0.3, -0.25) is 4.79 Å². The Kier molecular flexibility index (Phi) is 4.60. The number of ether oxygens (including phenoxy) is 1. The van der Waals surface area contributed by atoms with Crippen LogP contribution in [0.1, 0.15) is 30.8 Å². The van der Waals surface area contributed by atoms with Gasteiger partial charge in [-0.15, -0.1) is 0 Å². The van der Waals surface area contributed by atoms with Crippen LogP contribution in [0.3, 0.4) is 0 Å². The molecule has 6 heteroatoms. The SMILES string of the molecule is CC[C@@](C)(NC(=O)c1ccn(-c2ccccc2)n1)C(=O)OC. The van der Waals surface area contributed by atoms with E-state index in [0.29, 0.717) is 6.42 Å². The summed E-state index contributed by atoms with van der Waals surface area (Å²) in [5, 5.41) is 6.92. The van der Waals surface area contributed by atoms with Gasteiger partial charge >= 0.3 is 5.97 Å². The number of aromatic nitrogens is 2. The molecule has 6 nitrogen and oxygen atoms in total. The van der Waals surface area contributed by atoms with E-state index in [1.54, 1.807) is 30.8 Å². The van der Waals surface area contributed by atoms with Gasteiger partial charge in [0.25, 0.3) is 5.91 Å². The second kappa shape index (κ2) is 6.43. The van der Waals surface area contributed by atoms with Crippen LogP contribution in [0.25, 0.3) is 5.69 Å². The highest BCUT2D eigenvalue weighted by Crippen LogP contribution is 2.13. The van der Waals surface area contributed by atoms with Crippen LogP contribution in [0.2, 0.25) is 0 Å². The number of carbonyl (C=O) groups is 2. The van der Waals surface area contributed by atoms with Gasteiger partial charge in [-0.1, -0.05) is 25.1 Å². The standard InChI is InChI=1S/C16H19N3O3/c1-4-16(2,15(21)22-3)17-14(20)13-10-11-19(18-13)12-8-6-5-7-9-12/h5-11H,4H2,1-3H3,(H,17,20)/t16-/m1/s1. The number of nitrogens with zero attached hydrogens (tertiary/aromatic N) is 2. The molecular weight excluding hydrogens is 282 g/mol. The Hall–Kier alpha value is -2.63. The Morgan fingerprint density at radius 3 is 2.55 bits per heavy atom. The average molecular weight is 301 g/mol. The third-order valence-electron chi connectivity index (χ3n) is 3.57. The summed E-state index contributed by atoms with van der Waals surface area (Å²) < 4.78 is 6.35. The predicted octanol–water partition coefficient (Wildman–Crippen LogP) is 1.94. The molecule has 0 saturated carbocycles. The lowest BCUT2D eigenvalue weighted by atomic mass is 9.99. The van der Waals surface area contributed by atoms with Crippen LogP contribution in [-0.4, -0.2) is 34.3 Å². The van der Waals surface area contributed by atoms with E-state index in [4.69, 9.17) is 4.74 Å². The van der Waals surface area contributed by atoms with Crippen molar-refractivity contribution in [2.24, 2.45) is 0 Å². The van der Waals surface area contributed by atoms with E-state index in [-0.39, 0.29) is 5.69 Å². The van der Waals surface area contributed by atoms with Gasteiger partial charge in [0, 0.05) is 6.20 Å². The molecule has 116 valence electrons. The zero-order chi connectivity index (χ0) is 16.2. The number of para-hydroxylation sites is 1. The molecule has 1 aromatic carbocycles. The van der Waals surface area contributed by atoms with Gasteiger partial charge in [0.1, 0.15) is 5.54 Å². The van der Waals surface area contributed by atoms with Gasteiger partial charge in [0.2, 0.25) is 0 Å². The zero-order valence-electron chi connectivity index (χ0n) is 12.9. The van der Waals surface area contributed by atoms with Crippen LogP contribution in [0.15, 0.2) is 42.6 Å². The first-order valence-corrected chi connectivity index (χ1v) is 7.02. The maximum Gasteiger partial charge on any atom is 0.331 e. The smallest absolute Gasteiger partial charge is 0.331 e. The van der Waals surface area contributed by atoms with Crippen LogP contribution in [0.5, 0.6) is 0 Å². The van der Waals surface area contributed by atoms with Crippen molar-refractivity contribution in [3.63, 3.8) is 0 Å². The monoisotopic (exact) mass is 301 g/mol. The minimum Gasteiger partial charge on any atom is -0.467 e. The van der Waals surface area contributed by atoms with E-state index in [9.17, 15) is 9.59 Å². The number of rotatable bonds is 5. The molecule has 1 heterocycles.